The standard InChI is InChI=1S/C21H21F4NO3S/c1-20(29-19-9-4-7-15-6-2-3-8-18(15)19)13-16(22)12-17(14-20)26-30(27,28)11-5-10-21(23,24)25/h2-4,6-9,12-13,26H,5,10-11,14H2,1H3. The number of benzene rings is 2. The first kappa shape index (κ1) is 22.1. The summed E-state index contributed by atoms with van der Waals surface area (Å²) >= 11 is 0. The molecule has 0 fully saturated rings. The lowest BCUT2D eigenvalue weighted by atomic mass is 9.94. The maximum atomic E-state index is 14.3. The normalized spacial score (nSPS) is 19.9. The van der Waals surface area contributed by atoms with Gasteiger partial charge in [0.05, 0.1) is 5.75 Å². The molecule has 30 heavy (non-hydrogen) atoms. The molecule has 9 heteroatoms. The van der Waals surface area contributed by atoms with Gasteiger partial charge in [-0.15, -0.1) is 0 Å². The molecule has 0 saturated carbocycles. The fourth-order valence-corrected chi connectivity index (χ4v) is 4.52. The number of nitrogens with one attached hydrogen (secondary N) is 1. The van der Waals surface area contributed by atoms with Gasteiger partial charge in [0.15, 0.2) is 0 Å². The molecule has 4 nitrogen and oxygen atoms in total. The van der Waals surface area contributed by atoms with E-state index in [-0.39, 0.29) is 12.1 Å². The Bertz CT molecular complexity index is 1090. The highest BCUT2D eigenvalue weighted by Crippen LogP contribution is 2.34. The maximum absolute atomic E-state index is 14.3. The molecular weight excluding hydrogens is 422 g/mol. The van der Waals surface area contributed by atoms with Gasteiger partial charge >= 0.3 is 6.18 Å². The Balaban J connectivity index is 1.74. The zero-order chi connectivity index (χ0) is 22.0. The molecule has 0 amide bonds. The third-order valence-corrected chi connectivity index (χ3v) is 5.95. The molecule has 0 bridgehead atoms. The molecule has 0 aromatic heterocycles. The lowest BCUT2D eigenvalue weighted by molar-refractivity contribution is -0.134. The molecule has 0 spiro atoms. The predicted octanol–water partition coefficient (Wildman–Crippen LogP) is 5.38. The number of fused-ring (bicyclic) bond motifs is 1. The quantitative estimate of drug-likeness (QED) is 0.585. The molecule has 3 rings (SSSR count). The van der Waals surface area contributed by atoms with E-state index in [4.69, 9.17) is 4.74 Å². The SMILES string of the molecule is CC1(Oc2cccc3ccccc23)C=C(F)C=C(NS(=O)(=O)CCCC(F)(F)F)C1. The van der Waals surface area contributed by atoms with Crippen molar-refractivity contribution in [3.8, 4) is 5.75 Å². The molecule has 1 N–H and O–H groups in total. The molecule has 0 heterocycles. The highest BCUT2D eigenvalue weighted by Gasteiger charge is 2.32. The van der Waals surface area contributed by atoms with Gasteiger partial charge in [-0.1, -0.05) is 36.4 Å². The van der Waals surface area contributed by atoms with Gasteiger partial charge in [0.25, 0.3) is 0 Å². The Hall–Kier alpha value is -2.55. The average molecular weight is 443 g/mol. The van der Waals surface area contributed by atoms with Crippen LogP contribution in [0.15, 0.2) is 66.1 Å². The predicted molar refractivity (Wildman–Crippen MR) is 107 cm³/mol. The van der Waals surface area contributed by atoms with Crippen molar-refractivity contribution in [1.82, 2.24) is 4.72 Å². The van der Waals surface area contributed by atoms with Crippen molar-refractivity contribution in [2.24, 2.45) is 0 Å². The van der Waals surface area contributed by atoms with Gasteiger partial charge < -0.3 is 4.74 Å². The minimum atomic E-state index is -4.43. The number of rotatable bonds is 7. The van der Waals surface area contributed by atoms with Crippen LogP contribution in [0, 0.1) is 0 Å². The summed E-state index contributed by atoms with van der Waals surface area (Å²) in [5, 5.41) is 1.75. The van der Waals surface area contributed by atoms with Gasteiger partial charge in [0.1, 0.15) is 17.2 Å². The van der Waals surface area contributed by atoms with Crippen molar-refractivity contribution in [3.05, 3.63) is 66.1 Å². The van der Waals surface area contributed by atoms with E-state index in [1.165, 1.54) is 6.08 Å². The van der Waals surface area contributed by atoms with Crippen molar-refractivity contribution in [3.63, 3.8) is 0 Å². The van der Waals surface area contributed by atoms with Crippen LogP contribution in [0.4, 0.5) is 17.6 Å². The Morgan fingerprint density at radius 2 is 1.83 bits per heavy atom. The summed E-state index contributed by atoms with van der Waals surface area (Å²) in [4.78, 5) is 0. The van der Waals surface area contributed by atoms with Crippen LogP contribution in [-0.4, -0.2) is 25.9 Å². The number of ether oxygens (including phenoxy) is 1. The second kappa shape index (κ2) is 8.29. The Kier molecular flexibility index (Phi) is 6.12. The fraction of sp³-hybridized carbons (Fsp3) is 0.333. The molecular formula is C21H21F4NO3S. The lowest BCUT2D eigenvalue weighted by Gasteiger charge is -2.32. The second-order valence-electron chi connectivity index (χ2n) is 7.41. The molecule has 1 aliphatic carbocycles. The van der Waals surface area contributed by atoms with Gasteiger partial charge in [-0.2, -0.15) is 13.2 Å². The monoisotopic (exact) mass is 443 g/mol. The van der Waals surface area contributed by atoms with E-state index in [1.807, 2.05) is 30.3 Å². The van der Waals surface area contributed by atoms with Crippen LogP contribution in [0.5, 0.6) is 5.75 Å². The van der Waals surface area contributed by atoms with E-state index in [0.29, 0.717) is 5.75 Å². The van der Waals surface area contributed by atoms with Crippen molar-refractivity contribution < 1.29 is 30.7 Å². The molecule has 1 atom stereocenters. The van der Waals surface area contributed by atoms with Crippen molar-refractivity contribution in [2.45, 2.75) is 38.0 Å². The summed E-state index contributed by atoms with van der Waals surface area (Å²) < 4.78 is 83.5. The number of halogens is 4. The first-order valence-electron chi connectivity index (χ1n) is 9.28. The van der Waals surface area contributed by atoms with Crippen LogP contribution < -0.4 is 9.46 Å². The minimum absolute atomic E-state index is 0.00213. The highest BCUT2D eigenvalue weighted by atomic mass is 32.2. The van der Waals surface area contributed by atoms with E-state index < -0.39 is 46.2 Å². The molecule has 2 aromatic rings. The Morgan fingerprint density at radius 1 is 1.13 bits per heavy atom. The van der Waals surface area contributed by atoms with Crippen molar-refractivity contribution in [2.75, 3.05) is 5.75 Å². The van der Waals surface area contributed by atoms with Gasteiger partial charge in [-0.25, -0.2) is 12.8 Å². The molecule has 162 valence electrons. The Labute approximate surface area is 172 Å². The summed E-state index contributed by atoms with van der Waals surface area (Å²) in [5.74, 6) is -0.901. The van der Waals surface area contributed by atoms with Crippen LogP contribution in [-0.2, 0) is 10.0 Å². The maximum Gasteiger partial charge on any atom is 0.389 e. The topological polar surface area (TPSA) is 55.4 Å². The van der Waals surface area contributed by atoms with E-state index in [1.54, 1.807) is 19.1 Å². The van der Waals surface area contributed by atoms with E-state index in [2.05, 4.69) is 4.72 Å². The fourth-order valence-electron chi connectivity index (χ4n) is 3.36. The number of sulfonamides is 1. The van der Waals surface area contributed by atoms with E-state index in [9.17, 15) is 26.0 Å². The smallest absolute Gasteiger partial charge is 0.389 e. The zero-order valence-electron chi connectivity index (χ0n) is 16.2. The van der Waals surface area contributed by atoms with E-state index in [0.717, 1.165) is 16.8 Å². The third-order valence-electron chi connectivity index (χ3n) is 4.55. The van der Waals surface area contributed by atoms with Crippen LogP contribution >= 0.6 is 0 Å². The van der Waals surface area contributed by atoms with Crippen LogP contribution in [0.1, 0.15) is 26.2 Å². The molecule has 0 aliphatic heterocycles. The van der Waals surface area contributed by atoms with E-state index >= 15 is 0 Å². The second-order valence-corrected chi connectivity index (χ2v) is 9.25. The number of allylic oxidation sites excluding steroid dienone is 2. The first-order chi connectivity index (χ1) is 13.9. The van der Waals surface area contributed by atoms with Crippen LogP contribution in [0.2, 0.25) is 0 Å². The van der Waals surface area contributed by atoms with Crippen LogP contribution in [0.3, 0.4) is 0 Å². The van der Waals surface area contributed by atoms with Crippen molar-refractivity contribution >= 4 is 20.8 Å². The summed E-state index contributed by atoms with van der Waals surface area (Å²) in [7, 11) is -4.05. The molecule has 0 radical (unpaired) electrons. The highest BCUT2D eigenvalue weighted by molar-refractivity contribution is 7.89. The first-order valence-corrected chi connectivity index (χ1v) is 10.9. The lowest BCUT2D eigenvalue weighted by Crippen LogP contribution is -2.37. The Morgan fingerprint density at radius 3 is 2.57 bits per heavy atom. The van der Waals surface area contributed by atoms with Crippen LogP contribution in [0.25, 0.3) is 10.8 Å². The van der Waals surface area contributed by atoms with Gasteiger partial charge in [-0.05, 0) is 36.9 Å². The van der Waals surface area contributed by atoms with Gasteiger partial charge in [0, 0.05) is 23.9 Å². The molecule has 2 aromatic carbocycles. The summed E-state index contributed by atoms with van der Waals surface area (Å²) in [6, 6.07) is 12.9. The van der Waals surface area contributed by atoms with Gasteiger partial charge in [0.2, 0.25) is 10.0 Å². The van der Waals surface area contributed by atoms with Crippen molar-refractivity contribution in [1.29, 1.82) is 0 Å². The average Bonchev–Trinajstić information content (AvgIpc) is 2.59. The number of alkyl halides is 3. The number of hydrogen-bond acceptors (Lipinski definition) is 3. The van der Waals surface area contributed by atoms with Gasteiger partial charge in [-0.3, -0.25) is 4.72 Å². The molecule has 1 unspecified atom stereocenters. The largest absolute Gasteiger partial charge is 0.482 e. The summed E-state index contributed by atoms with van der Waals surface area (Å²) in [6.45, 7) is 1.61. The summed E-state index contributed by atoms with van der Waals surface area (Å²) in [5.41, 5.74) is -1.17. The third kappa shape index (κ3) is 5.98. The molecule has 0 saturated heterocycles. The zero-order valence-corrected chi connectivity index (χ0v) is 17.0. The molecule has 1 aliphatic rings. The number of hydrogen-bond donors (Lipinski definition) is 1. The minimum Gasteiger partial charge on any atom is -0.482 e. The summed E-state index contributed by atoms with van der Waals surface area (Å²) in [6.07, 6.45) is -3.95.